The fourth-order valence-corrected chi connectivity index (χ4v) is 3.53. The van der Waals surface area contributed by atoms with Gasteiger partial charge in [0.25, 0.3) is 5.91 Å². The summed E-state index contributed by atoms with van der Waals surface area (Å²) < 4.78 is 14.0. The first-order valence-electron chi connectivity index (χ1n) is 8.75. The molecule has 1 aliphatic heterocycles. The highest BCUT2D eigenvalue weighted by Gasteiger charge is 2.33. The second-order valence-corrected chi connectivity index (χ2v) is 7.33. The molecule has 4 rings (SSSR count). The minimum Gasteiger partial charge on any atom is -0.266 e. The quantitative estimate of drug-likeness (QED) is 0.484. The Labute approximate surface area is 171 Å². The van der Waals surface area contributed by atoms with Crippen LogP contribution in [0.4, 0.5) is 10.1 Å². The number of anilines is 1. The van der Waals surface area contributed by atoms with Gasteiger partial charge in [0.15, 0.2) is 0 Å². The molecule has 28 heavy (non-hydrogen) atoms. The van der Waals surface area contributed by atoms with Crippen molar-refractivity contribution in [2.75, 3.05) is 4.90 Å². The van der Waals surface area contributed by atoms with Crippen molar-refractivity contribution >= 4 is 39.4 Å². The van der Waals surface area contributed by atoms with Crippen LogP contribution in [0.1, 0.15) is 16.7 Å². The Kier molecular flexibility index (Phi) is 4.92. The van der Waals surface area contributed by atoms with E-state index in [9.17, 15) is 9.18 Å². The van der Waals surface area contributed by atoms with Gasteiger partial charge in [-0.1, -0.05) is 58.4 Å². The maximum absolute atomic E-state index is 13.2. The number of halogens is 2. The molecule has 0 atom stereocenters. The van der Waals surface area contributed by atoms with Gasteiger partial charge < -0.3 is 0 Å². The number of carbonyl (C=O) groups excluding carboxylic acids is 1. The number of benzene rings is 3. The standard InChI is InChI=1S/C23H16BrFN2O/c1-15-5-4-6-18(13-15)27-22(19-7-2-3-8-20(19)24)26-21(23(27)28)14-16-9-11-17(25)12-10-16/h2-14H,1H3/b21-14+. The first kappa shape index (κ1) is 18.3. The van der Waals surface area contributed by atoms with Crippen LogP contribution >= 0.6 is 15.9 Å². The van der Waals surface area contributed by atoms with E-state index in [1.54, 1.807) is 23.1 Å². The average Bonchev–Trinajstić information content (AvgIpc) is 3.00. The lowest BCUT2D eigenvalue weighted by molar-refractivity contribution is -0.113. The van der Waals surface area contributed by atoms with Gasteiger partial charge >= 0.3 is 0 Å². The topological polar surface area (TPSA) is 32.7 Å². The van der Waals surface area contributed by atoms with Crippen LogP contribution in [0.25, 0.3) is 6.08 Å². The van der Waals surface area contributed by atoms with Crippen molar-refractivity contribution in [1.82, 2.24) is 0 Å². The van der Waals surface area contributed by atoms with Crippen molar-refractivity contribution < 1.29 is 9.18 Å². The summed E-state index contributed by atoms with van der Waals surface area (Å²) in [5.41, 5.74) is 3.64. The molecule has 1 aliphatic rings. The van der Waals surface area contributed by atoms with Crippen LogP contribution in [0.2, 0.25) is 0 Å². The molecule has 3 nitrogen and oxygen atoms in total. The van der Waals surface area contributed by atoms with Crippen LogP contribution in [0.5, 0.6) is 0 Å². The molecule has 0 aromatic heterocycles. The number of hydrogen-bond acceptors (Lipinski definition) is 2. The molecule has 0 N–H and O–H groups in total. The zero-order chi connectivity index (χ0) is 19.7. The van der Waals surface area contributed by atoms with Gasteiger partial charge in [0.05, 0.1) is 5.69 Å². The largest absolute Gasteiger partial charge is 0.282 e. The summed E-state index contributed by atoms with van der Waals surface area (Å²) in [6.07, 6.45) is 1.68. The molecule has 1 amide bonds. The second-order valence-electron chi connectivity index (χ2n) is 6.48. The van der Waals surface area contributed by atoms with Crippen LogP contribution in [-0.4, -0.2) is 11.7 Å². The molecule has 0 radical (unpaired) electrons. The molecule has 0 aliphatic carbocycles. The third-order valence-electron chi connectivity index (χ3n) is 4.41. The van der Waals surface area contributed by atoms with Gasteiger partial charge in [-0.15, -0.1) is 0 Å². The molecule has 0 saturated heterocycles. The fraction of sp³-hybridized carbons (Fsp3) is 0.0435. The molecule has 1 heterocycles. The Bertz CT molecular complexity index is 1120. The third-order valence-corrected chi connectivity index (χ3v) is 5.10. The first-order chi connectivity index (χ1) is 13.5. The summed E-state index contributed by atoms with van der Waals surface area (Å²) in [6, 6.07) is 21.4. The van der Waals surface area contributed by atoms with Gasteiger partial charge in [-0.2, -0.15) is 0 Å². The Balaban J connectivity index is 1.85. The van der Waals surface area contributed by atoms with E-state index in [2.05, 4.69) is 20.9 Å². The van der Waals surface area contributed by atoms with Gasteiger partial charge in [0.2, 0.25) is 0 Å². The number of nitrogens with zero attached hydrogens (tertiary/aromatic N) is 2. The van der Waals surface area contributed by atoms with Crippen LogP contribution in [0.15, 0.2) is 88.0 Å². The smallest absolute Gasteiger partial charge is 0.266 e. The molecule has 3 aromatic rings. The zero-order valence-electron chi connectivity index (χ0n) is 15.1. The molecular weight excluding hydrogens is 419 g/mol. The minimum absolute atomic E-state index is 0.222. The summed E-state index contributed by atoms with van der Waals surface area (Å²) in [6.45, 7) is 1.98. The number of aliphatic imine (C=N–C) groups is 1. The number of amides is 1. The van der Waals surface area contributed by atoms with Crippen molar-refractivity contribution in [2.24, 2.45) is 4.99 Å². The predicted molar refractivity (Wildman–Crippen MR) is 114 cm³/mol. The van der Waals surface area contributed by atoms with Crippen molar-refractivity contribution in [3.05, 3.63) is 105 Å². The van der Waals surface area contributed by atoms with E-state index in [4.69, 9.17) is 0 Å². The van der Waals surface area contributed by atoms with Crippen LogP contribution in [0.3, 0.4) is 0 Å². The SMILES string of the molecule is Cc1cccc(N2C(=O)/C(=C\c3ccc(F)cc3)N=C2c2ccccc2Br)c1. The lowest BCUT2D eigenvalue weighted by Gasteiger charge is -2.19. The Morgan fingerprint density at radius 2 is 1.75 bits per heavy atom. The Morgan fingerprint density at radius 1 is 1.00 bits per heavy atom. The normalized spacial score (nSPS) is 15.2. The average molecular weight is 435 g/mol. The maximum Gasteiger partial charge on any atom is 0.282 e. The van der Waals surface area contributed by atoms with Crippen molar-refractivity contribution in [1.29, 1.82) is 0 Å². The lowest BCUT2D eigenvalue weighted by Crippen LogP contribution is -2.32. The summed E-state index contributed by atoms with van der Waals surface area (Å²) in [4.78, 5) is 19.5. The van der Waals surface area contributed by atoms with Crippen LogP contribution in [-0.2, 0) is 4.79 Å². The van der Waals surface area contributed by atoms with Gasteiger partial charge in [-0.3, -0.25) is 9.69 Å². The predicted octanol–water partition coefficient (Wildman–Crippen LogP) is 5.73. The number of carbonyl (C=O) groups is 1. The van der Waals surface area contributed by atoms with Gasteiger partial charge in [-0.25, -0.2) is 9.38 Å². The van der Waals surface area contributed by atoms with Crippen LogP contribution in [0, 0.1) is 12.7 Å². The van der Waals surface area contributed by atoms with E-state index >= 15 is 0 Å². The second kappa shape index (κ2) is 7.52. The fourth-order valence-electron chi connectivity index (χ4n) is 3.06. The molecule has 0 fully saturated rings. The van der Waals surface area contributed by atoms with E-state index < -0.39 is 0 Å². The van der Waals surface area contributed by atoms with Crippen molar-refractivity contribution in [3.8, 4) is 0 Å². The summed E-state index contributed by atoms with van der Waals surface area (Å²) in [5, 5.41) is 0. The van der Waals surface area contributed by atoms with Gasteiger partial charge in [0, 0.05) is 10.0 Å². The summed E-state index contributed by atoms with van der Waals surface area (Å²) in [7, 11) is 0. The molecular formula is C23H16BrFN2O. The van der Waals surface area contributed by atoms with Crippen molar-refractivity contribution in [3.63, 3.8) is 0 Å². The number of rotatable bonds is 3. The highest BCUT2D eigenvalue weighted by atomic mass is 79.9. The maximum atomic E-state index is 13.2. The van der Waals surface area contributed by atoms with E-state index in [0.717, 1.165) is 21.3 Å². The Morgan fingerprint density at radius 3 is 2.46 bits per heavy atom. The molecule has 0 spiro atoms. The molecule has 5 heteroatoms. The Hall–Kier alpha value is -3.05. The van der Waals surface area contributed by atoms with Crippen LogP contribution < -0.4 is 4.90 Å². The highest BCUT2D eigenvalue weighted by Crippen LogP contribution is 2.30. The monoisotopic (exact) mass is 434 g/mol. The van der Waals surface area contributed by atoms with Gasteiger partial charge in [-0.05, 0) is 54.5 Å². The van der Waals surface area contributed by atoms with E-state index in [1.807, 2.05) is 55.5 Å². The minimum atomic E-state index is -0.321. The third kappa shape index (κ3) is 3.53. The van der Waals surface area contributed by atoms with Gasteiger partial charge in [0.1, 0.15) is 17.3 Å². The van der Waals surface area contributed by atoms with Crippen molar-refractivity contribution in [2.45, 2.75) is 6.92 Å². The number of aryl methyl sites for hydroxylation is 1. The highest BCUT2D eigenvalue weighted by molar-refractivity contribution is 9.10. The molecule has 3 aromatic carbocycles. The zero-order valence-corrected chi connectivity index (χ0v) is 16.7. The summed E-state index contributed by atoms with van der Waals surface area (Å²) >= 11 is 3.56. The number of hydrogen-bond donors (Lipinski definition) is 0. The molecule has 138 valence electrons. The molecule has 0 bridgehead atoms. The lowest BCUT2D eigenvalue weighted by atomic mass is 10.1. The number of amidine groups is 1. The van der Waals surface area contributed by atoms with E-state index in [-0.39, 0.29) is 11.7 Å². The summed E-state index contributed by atoms with van der Waals surface area (Å²) in [5.74, 6) is 0.0100. The first-order valence-corrected chi connectivity index (χ1v) is 9.54. The molecule has 0 saturated carbocycles. The van der Waals surface area contributed by atoms with E-state index in [1.165, 1.54) is 12.1 Å². The van der Waals surface area contributed by atoms with E-state index in [0.29, 0.717) is 17.1 Å². The molecule has 0 unspecified atom stereocenters.